The molecule has 10 heteroatoms. The highest BCUT2D eigenvalue weighted by Gasteiger charge is 2.18. The third kappa shape index (κ3) is 7.07. The summed E-state index contributed by atoms with van der Waals surface area (Å²) < 4.78 is 0. The van der Waals surface area contributed by atoms with E-state index < -0.39 is 4.92 Å². The lowest BCUT2D eigenvalue weighted by molar-refractivity contribution is -0.385. The third-order valence-corrected chi connectivity index (χ3v) is 6.31. The first-order valence-corrected chi connectivity index (χ1v) is 13.0. The first kappa shape index (κ1) is 26.9. The predicted octanol–water partition coefficient (Wildman–Crippen LogP) is 5.49. The molecule has 0 aliphatic carbocycles. The summed E-state index contributed by atoms with van der Waals surface area (Å²) in [6, 6.07) is 31.6. The summed E-state index contributed by atoms with van der Waals surface area (Å²) in [5, 5.41) is 20.2. The summed E-state index contributed by atoms with van der Waals surface area (Å²) >= 11 is 0. The van der Waals surface area contributed by atoms with Crippen LogP contribution in [0.5, 0.6) is 0 Å². The molecule has 5 aromatic rings. The summed E-state index contributed by atoms with van der Waals surface area (Å²) in [5.74, 6) is 0.820. The van der Waals surface area contributed by atoms with Gasteiger partial charge in [0.25, 0.3) is 11.6 Å². The van der Waals surface area contributed by atoms with Crippen LogP contribution in [-0.2, 0) is 0 Å². The molecule has 0 saturated carbocycles. The average Bonchev–Trinajstić information content (AvgIpc) is 3.03. The second-order valence-electron chi connectivity index (χ2n) is 9.08. The average molecular weight is 546 g/mol. The number of hydrogen-bond donors (Lipinski definition) is 3. The number of nitrogens with one attached hydrogen (secondary N) is 3. The molecule has 0 bridgehead atoms. The van der Waals surface area contributed by atoms with Crippen molar-refractivity contribution in [2.24, 2.45) is 0 Å². The van der Waals surface area contributed by atoms with Gasteiger partial charge in [0, 0.05) is 36.5 Å². The van der Waals surface area contributed by atoms with Crippen molar-refractivity contribution in [1.29, 1.82) is 0 Å². The Balaban J connectivity index is 1.19. The molecule has 0 aliphatic heterocycles. The lowest BCUT2D eigenvalue weighted by Gasteiger charge is -2.20. The summed E-state index contributed by atoms with van der Waals surface area (Å²) in [4.78, 5) is 36.3. The van der Waals surface area contributed by atoms with Crippen LogP contribution in [0.3, 0.4) is 0 Å². The minimum atomic E-state index is -0.488. The van der Waals surface area contributed by atoms with Crippen molar-refractivity contribution in [3.05, 3.63) is 142 Å². The van der Waals surface area contributed by atoms with Crippen molar-refractivity contribution in [3.8, 4) is 11.3 Å². The second-order valence-corrected chi connectivity index (χ2v) is 9.08. The Kier molecular flexibility index (Phi) is 8.50. The quantitative estimate of drug-likeness (QED) is 0.113. The van der Waals surface area contributed by atoms with Crippen LogP contribution in [0.2, 0.25) is 0 Å². The topological polar surface area (TPSA) is 135 Å². The van der Waals surface area contributed by atoms with Crippen LogP contribution in [0.25, 0.3) is 11.3 Å². The minimum absolute atomic E-state index is 0.0592. The number of rotatable bonds is 11. The molecular formula is C31H27N7O3. The largest absolute Gasteiger partial charge is 0.368 e. The van der Waals surface area contributed by atoms with Crippen molar-refractivity contribution >= 4 is 23.4 Å². The molecule has 41 heavy (non-hydrogen) atoms. The number of nitro groups is 1. The molecule has 5 rings (SSSR count). The SMILES string of the molecule is O=C(NC(c1ccccc1)c1ccccc1)c1ccc(-c2ccnc(NCCNc3ccc([N+](=O)[O-])cn3)n2)cc1. The Hall–Kier alpha value is -5.64. The fourth-order valence-corrected chi connectivity index (χ4v) is 4.23. The highest BCUT2D eigenvalue weighted by Crippen LogP contribution is 2.23. The molecule has 0 unspecified atom stereocenters. The van der Waals surface area contributed by atoms with Crippen LogP contribution in [0.1, 0.15) is 27.5 Å². The van der Waals surface area contributed by atoms with Gasteiger partial charge in [-0.1, -0.05) is 72.8 Å². The van der Waals surface area contributed by atoms with Crippen LogP contribution in [0, 0.1) is 10.1 Å². The number of amides is 1. The Bertz CT molecular complexity index is 1560. The van der Waals surface area contributed by atoms with Crippen LogP contribution in [0.4, 0.5) is 17.5 Å². The molecule has 1 amide bonds. The van der Waals surface area contributed by atoms with E-state index in [1.165, 1.54) is 12.3 Å². The maximum atomic E-state index is 13.2. The van der Waals surface area contributed by atoms with Crippen molar-refractivity contribution in [1.82, 2.24) is 20.3 Å². The van der Waals surface area contributed by atoms with Gasteiger partial charge < -0.3 is 16.0 Å². The molecule has 204 valence electrons. The van der Waals surface area contributed by atoms with Gasteiger partial charge in [-0.15, -0.1) is 0 Å². The normalized spacial score (nSPS) is 10.7. The lowest BCUT2D eigenvalue weighted by atomic mass is 9.98. The monoisotopic (exact) mass is 545 g/mol. The number of aromatic nitrogens is 3. The van der Waals surface area contributed by atoms with Gasteiger partial charge in [-0.3, -0.25) is 14.9 Å². The summed E-state index contributed by atoms with van der Waals surface area (Å²) in [6.07, 6.45) is 2.88. The molecule has 0 atom stereocenters. The zero-order chi connectivity index (χ0) is 28.4. The van der Waals surface area contributed by atoms with E-state index in [2.05, 4.69) is 30.9 Å². The van der Waals surface area contributed by atoms with Gasteiger partial charge in [0.2, 0.25) is 5.95 Å². The third-order valence-electron chi connectivity index (χ3n) is 6.31. The van der Waals surface area contributed by atoms with E-state index >= 15 is 0 Å². The fourth-order valence-electron chi connectivity index (χ4n) is 4.23. The van der Waals surface area contributed by atoms with Gasteiger partial charge in [-0.05, 0) is 35.4 Å². The maximum Gasteiger partial charge on any atom is 0.287 e. The molecule has 0 spiro atoms. The highest BCUT2D eigenvalue weighted by atomic mass is 16.6. The van der Waals surface area contributed by atoms with E-state index in [4.69, 9.17) is 0 Å². The number of nitrogens with zero attached hydrogens (tertiary/aromatic N) is 4. The number of hydrogen-bond acceptors (Lipinski definition) is 8. The van der Waals surface area contributed by atoms with Gasteiger partial charge in [0.15, 0.2) is 0 Å². The van der Waals surface area contributed by atoms with E-state index in [1.54, 1.807) is 30.5 Å². The van der Waals surface area contributed by atoms with Crippen LogP contribution in [0.15, 0.2) is 116 Å². The molecular weight excluding hydrogens is 518 g/mol. The van der Waals surface area contributed by atoms with Crippen molar-refractivity contribution in [3.63, 3.8) is 0 Å². The summed E-state index contributed by atoms with van der Waals surface area (Å²) in [7, 11) is 0. The van der Waals surface area contributed by atoms with E-state index in [-0.39, 0.29) is 17.6 Å². The van der Waals surface area contributed by atoms with Gasteiger partial charge >= 0.3 is 0 Å². The standard InChI is InChI=1S/C31H27N7O3/c39-30(37-29(23-7-3-1-4-8-23)24-9-5-2-6-10-24)25-13-11-22(12-14-25)27-17-18-33-31(36-27)34-20-19-32-28-16-15-26(21-35-28)38(40)41/h1-18,21,29H,19-20H2,(H,32,35)(H,37,39)(H,33,34,36). The molecule has 2 heterocycles. The number of benzene rings is 3. The highest BCUT2D eigenvalue weighted by molar-refractivity contribution is 5.95. The molecule has 3 aromatic carbocycles. The molecule has 0 fully saturated rings. The van der Waals surface area contributed by atoms with Gasteiger partial charge in [-0.2, -0.15) is 0 Å². The lowest BCUT2D eigenvalue weighted by Crippen LogP contribution is -2.29. The zero-order valence-corrected chi connectivity index (χ0v) is 22.0. The zero-order valence-electron chi connectivity index (χ0n) is 22.0. The van der Waals surface area contributed by atoms with Gasteiger partial charge in [0.05, 0.1) is 16.7 Å². The number of carbonyl (C=O) groups excluding carboxylic acids is 1. The van der Waals surface area contributed by atoms with Gasteiger partial charge in [0.1, 0.15) is 12.0 Å². The van der Waals surface area contributed by atoms with Crippen LogP contribution in [-0.4, -0.2) is 38.9 Å². The predicted molar refractivity (Wildman–Crippen MR) is 158 cm³/mol. The maximum absolute atomic E-state index is 13.2. The van der Waals surface area contributed by atoms with Crippen molar-refractivity contribution < 1.29 is 9.72 Å². The van der Waals surface area contributed by atoms with Crippen molar-refractivity contribution in [2.75, 3.05) is 23.7 Å². The first-order valence-electron chi connectivity index (χ1n) is 13.0. The fraction of sp³-hybridized carbons (Fsp3) is 0.0968. The smallest absolute Gasteiger partial charge is 0.287 e. The molecule has 3 N–H and O–H groups in total. The van der Waals surface area contributed by atoms with Crippen molar-refractivity contribution in [2.45, 2.75) is 6.04 Å². The number of carbonyl (C=O) groups is 1. The molecule has 0 aliphatic rings. The number of pyridine rings is 1. The number of anilines is 2. The van der Waals surface area contributed by atoms with E-state index in [0.29, 0.717) is 36.1 Å². The van der Waals surface area contributed by atoms with E-state index in [1.807, 2.05) is 72.8 Å². The molecule has 2 aromatic heterocycles. The van der Waals surface area contributed by atoms with E-state index in [9.17, 15) is 14.9 Å². The van der Waals surface area contributed by atoms with Crippen LogP contribution >= 0.6 is 0 Å². The minimum Gasteiger partial charge on any atom is -0.368 e. The summed E-state index contributed by atoms with van der Waals surface area (Å²) in [6.45, 7) is 1.01. The Morgan fingerprint density at radius 2 is 1.44 bits per heavy atom. The van der Waals surface area contributed by atoms with Gasteiger partial charge in [-0.25, -0.2) is 15.0 Å². The van der Waals surface area contributed by atoms with Crippen LogP contribution < -0.4 is 16.0 Å². The first-order chi connectivity index (χ1) is 20.1. The summed E-state index contributed by atoms with van der Waals surface area (Å²) in [5.41, 5.74) is 4.06. The molecule has 0 saturated heterocycles. The molecule has 10 nitrogen and oxygen atoms in total. The Morgan fingerprint density at radius 3 is 2.05 bits per heavy atom. The Morgan fingerprint density at radius 1 is 0.780 bits per heavy atom. The van der Waals surface area contributed by atoms with E-state index in [0.717, 1.165) is 16.7 Å². The molecule has 0 radical (unpaired) electrons. The second kappa shape index (κ2) is 12.9. The Labute approximate surface area is 236 Å².